The third-order valence-electron chi connectivity index (χ3n) is 4.88. The number of rotatable bonds is 3. The number of benzene rings is 2. The molecular weight excluding hydrogens is 360 g/mol. The third kappa shape index (κ3) is 3.53. The molecule has 0 bridgehead atoms. The van der Waals surface area contributed by atoms with Gasteiger partial charge in [-0.2, -0.15) is 0 Å². The molecule has 2 N–H and O–H groups in total. The molecule has 4 rings (SSSR count). The smallest absolute Gasteiger partial charge is 0.269 e. The summed E-state index contributed by atoms with van der Waals surface area (Å²) >= 11 is 0. The number of amides is 2. The molecule has 0 atom stereocenters. The molecule has 2 heterocycles. The number of likely N-dealkylation sites (N-methyl/N-ethyl adjacent to an activating group) is 2. The monoisotopic (exact) mass is 382 g/mol. The van der Waals surface area contributed by atoms with Crippen molar-refractivity contribution in [3.8, 4) is 0 Å². The zero-order valence-corrected chi connectivity index (χ0v) is 15.8. The molecule has 0 unspecified atom stereocenters. The van der Waals surface area contributed by atoms with Gasteiger partial charge in [0.15, 0.2) is 0 Å². The minimum atomic E-state index is -0.445. The highest BCUT2D eigenvalue weighted by Gasteiger charge is 2.27. The van der Waals surface area contributed by atoms with Crippen molar-refractivity contribution in [1.29, 1.82) is 0 Å². The van der Waals surface area contributed by atoms with Crippen LogP contribution >= 0.6 is 0 Å². The van der Waals surface area contributed by atoms with Gasteiger partial charge in [-0.05, 0) is 49.2 Å². The third-order valence-corrected chi connectivity index (χ3v) is 4.88. The number of non-ortho nitro benzene ring substituents is 1. The minimum Gasteiger partial charge on any atom is -0.399 e. The molecular formula is C20H22N4O4. The molecule has 2 aliphatic rings. The zero-order chi connectivity index (χ0) is 20.4. The van der Waals surface area contributed by atoms with Gasteiger partial charge in [-0.25, -0.2) is 0 Å². The Morgan fingerprint density at radius 1 is 0.929 bits per heavy atom. The largest absolute Gasteiger partial charge is 0.399 e. The lowest BCUT2D eigenvalue weighted by Gasteiger charge is -2.14. The molecule has 2 aromatic carbocycles. The van der Waals surface area contributed by atoms with Gasteiger partial charge in [0.05, 0.1) is 17.8 Å². The van der Waals surface area contributed by atoms with Crippen molar-refractivity contribution >= 4 is 34.6 Å². The first-order valence-corrected chi connectivity index (χ1v) is 9.12. The summed E-state index contributed by atoms with van der Waals surface area (Å²) in [6.07, 6.45) is 0.763. The molecule has 0 saturated heterocycles. The van der Waals surface area contributed by atoms with Crippen molar-refractivity contribution < 1.29 is 14.5 Å². The summed E-state index contributed by atoms with van der Waals surface area (Å²) in [5.74, 6) is 0.177. The van der Waals surface area contributed by atoms with Gasteiger partial charge in [-0.3, -0.25) is 19.7 Å². The molecule has 2 aromatic rings. The number of fused-ring (bicyclic) bond motifs is 2. The fourth-order valence-corrected chi connectivity index (χ4v) is 3.58. The predicted molar refractivity (Wildman–Crippen MR) is 107 cm³/mol. The van der Waals surface area contributed by atoms with E-state index < -0.39 is 4.92 Å². The number of anilines is 3. The zero-order valence-electron chi connectivity index (χ0n) is 15.8. The lowest BCUT2D eigenvalue weighted by molar-refractivity contribution is -0.384. The highest BCUT2D eigenvalue weighted by molar-refractivity contribution is 6.02. The van der Waals surface area contributed by atoms with E-state index >= 15 is 0 Å². The minimum absolute atomic E-state index is 0.00741. The van der Waals surface area contributed by atoms with Crippen LogP contribution in [0.25, 0.3) is 0 Å². The van der Waals surface area contributed by atoms with Crippen LogP contribution in [0.15, 0.2) is 36.4 Å². The van der Waals surface area contributed by atoms with Crippen molar-refractivity contribution in [2.45, 2.75) is 26.7 Å². The van der Waals surface area contributed by atoms with Gasteiger partial charge in [0.2, 0.25) is 11.8 Å². The molecule has 0 fully saturated rings. The van der Waals surface area contributed by atoms with Crippen LogP contribution in [-0.4, -0.2) is 29.8 Å². The van der Waals surface area contributed by atoms with Crippen LogP contribution in [0.1, 0.15) is 25.0 Å². The maximum atomic E-state index is 11.5. The Labute approximate surface area is 162 Å². The number of nitrogens with zero attached hydrogens (tertiary/aromatic N) is 3. The molecule has 28 heavy (non-hydrogen) atoms. The van der Waals surface area contributed by atoms with Crippen LogP contribution < -0.4 is 15.5 Å². The van der Waals surface area contributed by atoms with Crippen molar-refractivity contribution in [3.63, 3.8) is 0 Å². The Balaban J connectivity index is 0.000000162. The van der Waals surface area contributed by atoms with Gasteiger partial charge in [0, 0.05) is 42.3 Å². The fraction of sp³-hybridized carbons (Fsp3) is 0.300. The average Bonchev–Trinajstić information content (AvgIpc) is 3.15. The quantitative estimate of drug-likeness (QED) is 0.498. The van der Waals surface area contributed by atoms with Crippen LogP contribution in [0.3, 0.4) is 0 Å². The topological polar surface area (TPSA) is 110 Å². The molecule has 146 valence electrons. The molecule has 0 spiro atoms. The Morgan fingerprint density at radius 3 is 1.93 bits per heavy atom. The van der Waals surface area contributed by atoms with Crippen molar-refractivity contribution in [3.05, 3.63) is 57.6 Å². The predicted octanol–water partition coefficient (Wildman–Crippen LogP) is 2.68. The fourth-order valence-electron chi connectivity index (χ4n) is 3.58. The Morgan fingerprint density at radius 2 is 1.43 bits per heavy atom. The summed E-state index contributed by atoms with van der Waals surface area (Å²) in [4.78, 5) is 36.5. The van der Waals surface area contributed by atoms with Crippen LogP contribution in [0.2, 0.25) is 0 Å². The second-order valence-corrected chi connectivity index (χ2v) is 6.59. The van der Waals surface area contributed by atoms with Crippen LogP contribution in [0.4, 0.5) is 22.7 Å². The van der Waals surface area contributed by atoms with Gasteiger partial charge in [0.1, 0.15) is 0 Å². The number of nitro groups is 1. The highest BCUT2D eigenvalue weighted by Crippen LogP contribution is 2.31. The molecule has 0 aliphatic carbocycles. The van der Waals surface area contributed by atoms with E-state index in [1.165, 1.54) is 12.1 Å². The molecule has 0 radical (unpaired) electrons. The highest BCUT2D eigenvalue weighted by atomic mass is 16.6. The number of carbonyl (C=O) groups excluding carboxylic acids is 2. The summed E-state index contributed by atoms with van der Waals surface area (Å²) in [5, 5.41) is 10.5. The standard InChI is InChI=1S/C10H10N2O3.C10H12N2O/c1-2-11-9-4-3-8(12(14)15)5-7(9)6-10(11)13;1-2-12-9-4-3-8(11)5-7(9)6-10(12)13/h3-5H,2,6H2,1H3;3-5H,2,6,11H2,1H3. The SMILES string of the molecule is CCN1C(=O)Cc2cc(N)ccc21.CCN1C(=O)Cc2cc([N+](=O)[O-])ccc21. The van der Waals surface area contributed by atoms with E-state index in [0.717, 1.165) is 34.7 Å². The number of nitrogens with two attached hydrogens (primary N) is 1. The van der Waals surface area contributed by atoms with E-state index in [-0.39, 0.29) is 23.9 Å². The van der Waals surface area contributed by atoms with Gasteiger partial charge in [-0.15, -0.1) is 0 Å². The Kier molecular flexibility index (Phi) is 5.30. The maximum absolute atomic E-state index is 11.5. The van der Waals surface area contributed by atoms with E-state index in [1.54, 1.807) is 15.9 Å². The second kappa shape index (κ2) is 7.67. The molecule has 2 aliphatic heterocycles. The molecule has 0 aromatic heterocycles. The average molecular weight is 382 g/mol. The second-order valence-electron chi connectivity index (χ2n) is 6.59. The summed E-state index contributed by atoms with van der Waals surface area (Å²) in [6.45, 7) is 5.19. The first-order valence-electron chi connectivity index (χ1n) is 9.12. The lowest BCUT2D eigenvalue weighted by atomic mass is 10.1. The van der Waals surface area contributed by atoms with E-state index in [2.05, 4.69) is 0 Å². The van der Waals surface area contributed by atoms with E-state index in [4.69, 9.17) is 5.73 Å². The normalized spacial score (nSPS) is 14.5. The number of hydrogen-bond acceptors (Lipinski definition) is 5. The first kappa shape index (κ1) is 19.3. The maximum Gasteiger partial charge on any atom is 0.269 e. The summed E-state index contributed by atoms with van der Waals surface area (Å²) in [7, 11) is 0. The van der Waals surface area contributed by atoms with Crippen LogP contribution in [-0.2, 0) is 22.4 Å². The van der Waals surface area contributed by atoms with Gasteiger partial charge in [-0.1, -0.05) is 0 Å². The summed E-state index contributed by atoms with van der Waals surface area (Å²) in [5.41, 5.74) is 10.0. The van der Waals surface area contributed by atoms with Crippen molar-refractivity contribution in [1.82, 2.24) is 0 Å². The molecule has 2 amide bonds. The number of nitro benzene ring substituents is 1. The summed E-state index contributed by atoms with van der Waals surface area (Å²) in [6, 6.07) is 10.2. The van der Waals surface area contributed by atoms with Crippen LogP contribution in [0, 0.1) is 10.1 Å². The molecule has 0 saturated carbocycles. The van der Waals surface area contributed by atoms with Gasteiger partial charge >= 0.3 is 0 Å². The Hall–Kier alpha value is -3.42. The number of carbonyl (C=O) groups is 2. The van der Waals surface area contributed by atoms with E-state index in [1.807, 2.05) is 32.0 Å². The van der Waals surface area contributed by atoms with E-state index in [9.17, 15) is 19.7 Å². The van der Waals surface area contributed by atoms with Crippen LogP contribution in [0.5, 0.6) is 0 Å². The molecule has 8 nitrogen and oxygen atoms in total. The Bertz CT molecular complexity index is 957. The number of hydrogen-bond donors (Lipinski definition) is 1. The van der Waals surface area contributed by atoms with E-state index in [0.29, 0.717) is 13.0 Å². The van der Waals surface area contributed by atoms with Crippen molar-refractivity contribution in [2.75, 3.05) is 28.6 Å². The van der Waals surface area contributed by atoms with Gasteiger partial charge in [0.25, 0.3) is 5.69 Å². The van der Waals surface area contributed by atoms with Gasteiger partial charge < -0.3 is 15.5 Å². The molecule has 8 heteroatoms. The number of nitrogen functional groups attached to an aromatic ring is 1. The van der Waals surface area contributed by atoms with Crippen molar-refractivity contribution in [2.24, 2.45) is 0 Å². The first-order chi connectivity index (χ1) is 13.3. The lowest BCUT2D eigenvalue weighted by Crippen LogP contribution is -2.25. The summed E-state index contributed by atoms with van der Waals surface area (Å²) < 4.78 is 0.